The van der Waals surface area contributed by atoms with Gasteiger partial charge in [-0.2, -0.15) is 0 Å². The van der Waals surface area contributed by atoms with Crippen molar-refractivity contribution in [1.29, 1.82) is 0 Å². The van der Waals surface area contributed by atoms with Crippen LogP contribution in [0.3, 0.4) is 0 Å². The zero-order valence-electron chi connectivity index (χ0n) is 26.9. The summed E-state index contributed by atoms with van der Waals surface area (Å²) in [7, 11) is 7.03. The van der Waals surface area contributed by atoms with Gasteiger partial charge in [0.1, 0.15) is 7.85 Å². The number of allylic oxidation sites excluding steroid dienone is 5. The summed E-state index contributed by atoms with van der Waals surface area (Å²) < 4.78 is 0. The average molecular weight is 533 g/mol. The molecule has 2 radical (unpaired) electrons. The largest absolute Gasteiger partial charge is 0.405 e. The maximum absolute atomic E-state index is 7.00. The average Bonchev–Trinajstić information content (AvgIpc) is 2.98. The number of nitrogens with zero attached hydrogens (tertiary/aromatic N) is 1. The SMILES string of the molecule is CC.CC.CCC.CO.Cc1ccccc1C.[B]/C(=C/N)C1=CC(c2ccccc2C)=CC(=NCCCC)C1. The lowest BCUT2D eigenvalue weighted by atomic mass is 9.81. The van der Waals surface area contributed by atoms with E-state index in [1.807, 2.05) is 27.7 Å². The summed E-state index contributed by atoms with van der Waals surface area (Å²) in [5.41, 5.74) is 14.7. The Kier molecular flexibility index (Phi) is 29.4. The summed E-state index contributed by atoms with van der Waals surface area (Å²) in [5.74, 6) is 0. The molecular weight excluding hydrogens is 475 g/mol. The second kappa shape index (κ2) is 28.2. The predicted octanol–water partition coefficient (Wildman–Crippen LogP) is 9.30. The Morgan fingerprint density at radius 3 is 1.72 bits per heavy atom. The fourth-order valence-electron chi connectivity index (χ4n) is 3.20. The zero-order chi connectivity index (χ0) is 30.6. The highest BCUT2D eigenvalue weighted by atomic mass is 16.2. The van der Waals surface area contributed by atoms with E-state index in [-0.39, 0.29) is 0 Å². The van der Waals surface area contributed by atoms with Crippen LogP contribution in [0.15, 0.2) is 82.9 Å². The minimum absolute atomic E-state index is 0.627. The van der Waals surface area contributed by atoms with Crippen molar-refractivity contribution in [1.82, 2.24) is 0 Å². The van der Waals surface area contributed by atoms with Gasteiger partial charge in [0, 0.05) is 25.8 Å². The van der Waals surface area contributed by atoms with E-state index in [2.05, 4.69) is 102 Å². The monoisotopic (exact) mass is 532 g/mol. The third-order valence-electron chi connectivity index (χ3n) is 5.28. The standard InChI is InChI=1S/C19H23BN2.C8H10.C3H8.2C2H6.CH4O/c1-3-4-9-22-17-11-15(10-16(12-17)19(20)13-21)18-8-6-5-7-14(18)2;1-7-5-3-4-6-8(7)2;1-3-2;3*1-2/h5-8,10-11,13H,3-4,9,12,21H2,1-2H3;3-6H,1-2H3;3H2,1-2H3;2*1-2H3;2H,1H3/b19-13+,22-17?;;;;;. The molecule has 4 heteroatoms. The highest BCUT2D eigenvalue weighted by molar-refractivity contribution is 6.25. The van der Waals surface area contributed by atoms with Gasteiger partial charge in [-0.1, -0.05) is 121 Å². The van der Waals surface area contributed by atoms with E-state index >= 15 is 0 Å². The van der Waals surface area contributed by atoms with Crippen molar-refractivity contribution in [2.24, 2.45) is 10.7 Å². The predicted molar refractivity (Wildman–Crippen MR) is 180 cm³/mol. The highest BCUT2D eigenvalue weighted by Crippen LogP contribution is 2.28. The van der Waals surface area contributed by atoms with Crippen molar-refractivity contribution in [2.75, 3.05) is 13.7 Å². The molecule has 0 bridgehead atoms. The first-order chi connectivity index (χ1) is 18.9. The quantitative estimate of drug-likeness (QED) is 0.298. The molecule has 0 heterocycles. The summed E-state index contributed by atoms with van der Waals surface area (Å²) in [6.45, 7) is 21.7. The van der Waals surface area contributed by atoms with Gasteiger partial charge >= 0.3 is 0 Å². The second-order valence-electron chi connectivity index (χ2n) is 8.40. The molecule has 0 aliphatic heterocycles. The van der Waals surface area contributed by atoms with Gasteiger partial charge in [0.25, 0.3) is 0 Å². The lowest BCUT2D eigenvalue weighted by Crippen LogP contribution is -2.08. The van der Waals surface area contributed by atoms with E-state index in [9.17, 15) is 0 Å². The molecule has 0 aromatic heterocycles. The first kappa shape index (κ1) is 40.6. The van der Waals surface area contributed by atoms with Gasteiger partial charge in [0.05, 0.1) is 0 Å². The molecule has 3 N–H and O–H groups in total. The van der Waals surface area contributed by atoms with Crippen molar-refractivity contribution in [3.63, 3.8) is 0 Å². The number of nitrogens with two attached hydrogens (primary N) is 1. The summed E-state index contributed by atoms with van der Waals surface area (Å²) in [6.07, 6.45) is 10.0. The van der Waals surface area contributed by atoms with Crippen LogP contribution in [-0.4, -0.2) is 32.3 Å². The molecule has 0 atom stereocenters. The Labute approximate surface area is 243 Å². The highest BCUT2D eigenvalue weighted by Gasteiger charge is 2.14. The Morgan fingerprint density at radius 1 is 0.846 bits per heavy atom. The van der Waals surface area contributed by atoms with E-state index in [0.29, 0.717) is 5.47 Å². The number of rotatable bonds is 5. The molecule has 0 saturated heterocycles. The Bertz CT molecular complexity index is 967. The molecule has 3 rings (SSSR count). The van der Waals surface area contributed by atoms with E-state index in [4.69, 9.17) is 23.7 Å². The molecule has 0 fully saturated rings. The lowest BCUT2D eigenvalue weighted by Gasteiger charge is -2.18. The van der Waals surface area contributed by atoms with Gasteiger partial charge in [-0.15, -0.1) is 0 Å². The van der Waals surface area contributed by atoms with Gasteiger partial charge in [-0.3, -0.25) is 4.99 Å². The molecule has 0 saturated carbocycles. The number of hydrogen-bond acceptors (Lipinski definition) is 3. The van der Waals surface area contributed by atoms with E-state index in [1.165, 1.54) is 34.9 Å². The minimum atomic E-state index is 0.627. The first-order valence-electron chi connectivity index (χ1n) is 14.5. The molecule has 0 unspecified atom stereocenters. The van der Waals surface area contributed by atoms with Gasteiger partial charge in [-0.05, 0) is 72.9 Å². The number of aliphatic hydroxyl groups excluding tert-OH is 1. The first-order valence-corrected chi connectivity index (χ1v) is 14.5. The van der Waals surface area contributed by atoms with Gasteiger partial charge < -0.3 is 10.8 Å². The van der Waals surface area contributed by atoms with E-state index in [1.54, 1.807) is 0 Å². The number of aryl methyl sites for hydroxylation is 3. The normalized spacial score (nSPS) is 12.6. The summed E-state index contributed by atoms with van der Waals surface area (Å²) in [4.78, 5) is 4.72. The van der Waals surface area contributed by atoms with Gasteiger partial charge in [0.15, 0.2) is 0 Å². The van der Waals surface area contributed by atoms with Crippen LogP contribution in [-0.2, 0) is 0 Å². The van der Waals surface area contributed by atoms with E-state index < -0.39 is 0 Å². The smallest absolute Gasteiger partial charge is 0.116 e. The molecule has 39 heavy (non-hydrogen) atoms. The number of hydrogen-bond donors (Lipinski definition) is 2. The Morgan fingerprint density at radius 2 is 1.31 bits per heavy atom. The number of benzene rings is 2. The van der Waals surface area contributed by atoms with Crippen LogP contribution in [0.5, 0.6) is 0 Å². The summed E-state index contributed by atoms with van der Waals surface area (Å²) >= 11 is 0. The van der Waals surface area contributed by atoms with Crippen LogP contribution in [0.4, 0.5) is 0 Å². The lowest BCUT2D eigenvalue weighted by molar-refractivity contribution is 0.399. The van der Waals surface area contributed by atoms with Crippen molar-refractivity contribution < 1.29 is 5.11 Å². The second-order valence-corrected chi connectivity index (χ2v) is 8.40. The van der Waals surface area contributed by atoms with Crippen LogP contribution in [0.2, 0.25) is 0 Å². The number of aliphatic hydroxyl groups is 1. The van der Waals surface area contributed by atoms with Crippen LogP contribution in [0, 0.1) is 20.8 Å². The topological polar surface area (TPSA) is 58.6 Å². The molecule has 1 aliphatic carbocycles. The number of unbranched alkanes of at least 4 members (excludes halogenated alkanes) is 1. The molecule has 0 spiro atoms. The molecule has 2 aromatic rings. The van der Waals surface area contributed by atoms with Crippen LogP contribution in [0.1, 0.15) is 96.4 Å². The Balaban J connectivity index is -0.000000629. The van der Waals surface area contributed by atoms with Gasteiger partial charge in [0.2, 0.25) is 0 Å². The van der Waals surface area contributed by atoms with Crippen molar-refractivity contribution in [2.45, 2.75) is 94.9 Å². The van der Waals surface area contributed by atoms with Gasteiger partial charge in [-0.25, -0.2) is 0 Å². The zero-order valence-corrected chi connectivity index (χ0v) is 26.9. The summed E-state index contributed by atoms with van der Waals surface area (Å²) in [5, 5.41) is 7.00. The molecular formula is C35H57BN2O. The summed E-state index contributed by atoms with van der Waals surface area (Å²) in [6, 6.07) is 16.7. The Hall–Kier alpha value is -2.85. The molecule has 1 aliphatic rings. The third kappa shape index (κ3) is 18.1. The van der Waals surface area contributed by atoms with Crippen molar-refractivity contribution in [3.8, 4) is 0 Å². The third-order valence-corrected chi connectivity index (χ3v) is 5.28. The fourth-order valence-corrected chi connectivity index (χ4v) is 3.20. The van der Waals surface area contributed by atoms with Crippen LogP contribution in [0.25, 0.3) is 5.57 Å². The van der Waals surface area contributed by atoms with Crippen LogP contribution < -0.4 is 5.73 Å². The molecule has 3 nitrogen and oxygen atoms in total. The van der Waals surface area contributed by atoms with Crippen molar-refractivity contribution in [3.05, 3.63) is 100 Å². The molecule has 216 valence electrons. The minimum Gasteiger partial charge on any atom is -0.405 e. The van der Waals surface area contributed by atoms with Crippen LogP contribution >= 0.6 is 0 Å². The maximum Gasteiger partial charge on any atom is 0.116 e. The fraction of sp³-hybridized carbons (Fsp3) is 0.457. The molecule has 0 amide bonds. The van der Waals surface area contributed by atoms with E-state index in [0.717, 1.165) is 49.8 Å². The number of aliphatic imine (C=N–C) groups is 1. The maximum atomic E-state index is 7.00. The van der Waals surface area contributed by atoms with Crippen molar-refractivity contribution >= 4 is 19.1 Å². The molecule has 2 aromatic carbocycles.